The molecule has 124 valence electrons. The van der Waals surface area contributed by atoms with Crippen molar-refractivity contribution >= 4 is 17.7 Å². The standard InChI is InChI=1S/C16H22N4O2S/c1-11(2)12(3)18-15(21)9-23-16-19-17-10-20(16)13-6-5-7-14(8-13)22-4/h5-8,10-12H,9H2,1-4H3,(H,18,21). The van der Waals surface area contributed by atoms with Crippen LogP contribution in [0, 0.1) is 5.92 Å². The van der Waals surface area contributed by atoms with Gasteiger partial charge in [-0.15, -0.1) is 10.2 Å². The molecule has 1 atom stereocenters. The predicted molar refractivity (Wildman–Crippen MR) is 91.1 cm³/mol. The van der Waals surface area contributed by atoms with Crippen LogP contribution in [-0.4, -0.2) is 39.6 Å². The molecule has 0 saturated carbocycles. The van der Waals surface area contributed by atoms with Crippen molar-refractivity contribution in [2.75, 3.05) is 12.9 Å². The summed E-state index contributed by atoms with van der Waals surface area (Å²) in [6, 6.07) is 7.77. The Morgan fingerprint density at radius 1 is 1.39 bits per heavy atom. The van der Waals surface area contributed by atoms with Crippen LogP contribution in [0.3, 0.4) is 0 Å². The first-order valence-electron chi connectivity index (χ1n) is 7.48. The zero-order valence-electron chi connectivity index (χ0n) is 13.8. The van der Waals surface area contributed by atoms with Gasteiger partial charge in [0.2, 0.25) is 5.91 Å². The number of carbonyl (C=O) groups is 1. The third kappa shape index (κ3) is 4.72. The van der Waals surface area contributed by atoms with E-state index >= 15 is 0 Å². The largest absolute Gasteiger partial charge is 0.497 e. The van der Waals surface area contributed by atoms with Crippen molar-refractivity contribution in [3.05, 3.63) is 30.6 Å². The van der Waals surface area contributed by atoms with Gasteiger partial charge in [0, 0.05) is 12.1 Å². The molecule has 1 N–H and O–H groups in total. The van der Waals surface area contributed by atoms with Crippen molar-refractivity contribution in [2.24, 2.45) is 5.92 Å². The second-order valence-corrected chi connectivity index (χ2v) is 6.52. The fraction of sp³-hybridized carbons (Fsp3) is 0.438. The van der Waals surface area contributed by atoms with Crippen molar-refractivity contribution in [2.45, 2.75) is 32.0 Å². The molecule has 1 amide bonds. The lowest BCUT2D eigenvalue weighted by atomic mass is 10.1. The van der Waals surface area contributed by atoms with Crippen LogP contribution in [0.2, 0.25) is 0 Å². The minimum Gasteiger partial charge on any atom is -0.497 e. The van der Waals surface area contributed by atoms with E-state index in [4.69, 9.17) is 4.74 Å². The summed E-state index contributed by atoms with van der Waals surface area (Å²) in [6.45, 7) is 6.17. The number of hydrogen-bond donors (Lipinski definition) is 1. The van der Waals surface area contributed by atoms with Crippen LogP contribution in [0.4, 0.5) is 0 Å². The van der Waals surface area contributed by atoms with Crippen LogP contribution < -0.4 is 10.1 Å². The lowest BCUT2D eigenvalue weighted by Crippen LogP contribution is -2.37. The zero-order valence-corrected chi connectivity index (χ0v) is 14.6. The number of nitrogens with zero attached hydrogens (tertiary/aromatic N) is 3. The Hall–Kier alpha value is -2.02. The van der Waals surface area contributed by atoms with E-state index in [1.165, 1.54) is 11.8 Å². The molecule has 0 aliphatic rings. The summed E-state index contributed by atoms with van der Waals surface area (Å²) in [5.41, 5.74) is 0.896. The first-order chi connectivity index (χ1) is 11.0. The van der Waals surface area contributed by atoms with Gasteiger partial charge in [-0.2, -0.15) is 0 Å². The number of rotatable bonds is 7. The van der Waals surface area contributed by atoms with E-state index in [0.29, 0.717) is 16.8 Å². The third-order valence-corrected chi connectivity index (χ3v) is 4.51. The van der Waals surface area contributed by atoms with Crippen molar-refractivity contribution < 1.29 is 9.53 Å². The van der Waals surface area contributed by atoms with Gasteiger partial charge < -0.3 is 10.1 Å². The number of ether oxygens (including phenoxy) is 1. The van der Waals surface area contributed by atoms with E-state index < -0.39 is 0 Å². The van der Waals surface area contributed by atoms with Gasteiger partial charge >= 0.3 is 0 Å². The number of thioether (sulfide) groups is 1. The van der Waals surface area contributed by atoms with Gasteiger partial charge in [0.05, 0.1) is 18.6 Å². The van der Waals surface area contributed by atoms with Crippen LogP contribution in [0.15, 0.2) is 35.7 Å². The van der Waals surface area contributed by atoms with Gasteiger partial charge in [-0.3, -0.25) is 9.36 Å². The number of methoxy groups -OCH3 is 1. The van der Waals surface area contributed by atoms with E-state index in [-0.39, 0.29) is 11.9 Å². The fourth-order valence-electron chi connectivity index (χ4n) is 1.85. The molecule has 1 aromatic carbocycles. The number of nitrogens with one attached hydrogen (secondary N) is 1. The van der Waals surface area contributed by atoms with Crippen molar-refractivity contribution in [3.8, 4) is 11.4 Å². The third-order valence-electron chi connectivity index (χ3n) is 3.57. The van der Waals surface area contributed by atoms with Gasteiger partial charge in [0.25, 0.3) is 0 Å². The van der Waals surface area contributed by atoms with E-state index in [9.17, 15) is 4.79 Å². The van der Waals surface area contributed by atoms with E-state index in [1.807, 2.05) is 35.8 Å². The molecular weight excluding hydrogens is 312 g/mol. The Labute approximate surface area is 140 Å². The molecule has 0 saturated heterocycles. The minimum absolute atomic E-state index is 0.00334. The van der Waals surface area contributed by atoms with Crippen LogP contribution in [-0.2, 0) is 4.79 Å². The normalized spacial score (nSPS) is 12.2. The first-order valence-corrected chi connectivity index (χ1v) is 8.46. The summed E-state index contributed by atoms with van der Waals surface area (Å²) in [6.07, 6.45) is 1.63. The molecule has 0 aliphatic heterocycles. The number of amides is 1. The summed E-state index contributed by atoms with van der Waals surface area (Å²) >= 11 is 1.36. The Balaban J connectivity index is 2.02. The van der Waals surface area contributed by atoms with Crippen LogP contribution in [0.25, 0.3) is 5.69 Å². The molecule has 7 heteroatoms. The molecule has 1 unspecified atom stereocenters. The maximum Gasteiger partial charge on any atom is 0.230 e. The zero-order chi connectivity index (χ0) is 16.8. The van der Waals surface area contributed by atoms with Crippen LogP contribution in [0.1, 0.15) is 20.8 Å². The molecule has 1 heterocycles. The van der Waals surface area contributed by atoms with E-state index in [1.54, 1.807) is 13.4 Å². The Morgan fingerprint density at radius 2 is 2.17 bits per heavy atom. The molecule has 0 spiro atoms. The number of benzene rings is 1. The predicted octanol–water partition coefficient (Wildman–Crippen LogP) is 2.53. The van der Waals surface area contributed by atoms with E-state index in [2.05, 4.69) is 29.4 Å². The van der Waals surface area contributed by atoms with Crippen LogP contribution in [0.5, 0.6) is 5.75 Å². The van der Waals surface area contributed by atoms with Gasteiger partial charge in [0.15, 0.2) is 5.16 Å². The first kappa shape index (κ1) is 17.3. The van der Waals surface area contributed by atoms with Gasteiger partial charge in [0.1, 0.15) is 12.1 Å². The molecule has 6 nitrogen and oxygen atoms in total. The average Bonchev–Trinajstić information content (AvgIpc) is 3.01. The molecular formula is C16H22N4O2S. The lowest BCUT2D eigenvalue weighted by molar-refractivity contribution is -0.119. The highest BCUT2D eigenvalue weighted by Crippen LogP contribution is 2.22. The molecule has 0 aliphatic carbocycles. The topological polar surface area (TPSA) is 69.0 Å². The summed E-state index contributed by atoms with van der Waals surface area (Å²) in [5.74, 6) is 1.47. The van der Waals surface area contributed by atoms with Crippen molar-refractivity contribution in [3.63, 3.8) is 0 Å². The number of aromatic nitrogens is 3. The lowest BCUT2D eigenvalue weighted by Gasteiger charge is -2.17. The Kier molecular flexibility index (Phi) is 6.04. The SMILES string of the molecule is COc1cccc(-n2cnnc2SCC(=O)NC(C)C(C)C)c1. The Bertz CT molecular complexity index is 657. The van der Waals surface area contributed by atoms with Crippen molar-refractivity contribution in [1.82, 2.24) is 20.1 Å². The quantitative estimate of drug-likeness (QED) is 0.788. The highest BCUT2D eigenvalue weighted by Gasteiger charge is 2.13. The summed E-state index contributed by atoms with van der Waals surface area (Å²) in [7, 11) is 1.63. The molecule has 0 radical (unpaired) electrons. The average molecular weight is 334 g/mol. The minimum atomic E-state index is -0.00334. The summed E-state index contributed by atoms with van der Waals surface area (Å²) in [4.78, 5) is 12.0. The number of carbonyl (C=O) groups excluding carboxylic acids is 1. The fourth-order valence-corrected chi connectivity index (χ4v) is 2.59. The number of hydrogen-bond acceptors (Lipinski definition) is 5. The molecule has 2 aromatic rings. The Morgan fingerprint density at radius 3 is 2.87 bits per heavy atom. The smallest absolute Gasteiger partial charge is 0.230 e. The molecule has 2 rings (SSSR count). The molecule has 0 bridgehead atoms. The van der Waals surface area contributed by atoms with Crippen LogP contribution >= 0.6 is 11.8 Å². The van der Waals surface area contributed by atoms with E-state index in [0.717, 1.165) is 11.4 Å². The molecule has 1 aromatic heterocycles. The summed E-state index contributed by atoms with van der Waals surface area (Å²) in [5, 5.41) is 11.7. The summed E-state index contributed by atoms with van der Waals surface area (Å²) < 4.78 is 7.07. The second kappa shape index (κ2) is 8.01. The van der Waals surface area contributed by atoms with Gasteiger partial charge in [-0.05, 0) is 25.0 Å². The molecule has 0 fully saturated rings. The second-order valence-electron chi connectivity index (χ2n) is 5.57. The highest BCUT2D eigenvalue weighted by atomic mass is 32.2. The highest BCUT2D eigenvalue weighted by molar-refractivity contribution is 7.99. The van der Waals surface area contributed by atoms with Gasteiger partial charge in [-0.25, -0.2) is 0 Å². The maximum absolute atomic E-state index is 12.0. The molecule has 23 heavy (non-hydrogen) atoms. The van der Waals surface area contributed by atoms with Gasteiger partial charge in [-0.1, -0.05) is 31.7 Å². The maximum atomic E-state index is 12.0. The van der Waals surface area contributed by atoms with Crippen molar-refractivity contribution in [1.29, 1.82) is 0 Å². The monoisotopic (exact) mass is 334 g/mol.